The zero-order chi connectivity index (χ0) is 31.4. The molecule has 3 aromatic rings. The lowest BCUT2D eigenvalue weighted by molar-refractivity contribution is -0.142. The number of phenols is 2. The maximum atomic E-state index is 13.2. The summed E-state index contributed by atoms with van der Waals surface area (Å²) in [6.45, 7) is 4.36. The minimum absolute atomic E-state index is 0. The number of amides is 2. The molecule has 0 aliphatic heterocycles. The zero-order valence-corrected chi connectivity index (χ0v) is 25.7. The number of nitrogens with zero attached hydrogens (tertiary/aromatic N) is 2. The van der Waals surface area contributed by atoms with Crippen molar-refractivity contribution in [2.24, 2.45) is 5.73 Å². The van der Waals surface area contributed by atoms with E-state index >= 15 is 0 Å². The number of aryl methyl sites for hydroxylation is 3. The first-order valence-electron chi connectivity index (χ1n) is 13.8. The lowest BCUT2D eigenvalue weighted by atomic mass is 10.1. The number of hydrogen-bond donors (Lipinski definition) is 6. The van der Waals surface area contributed by atoms with Crippen LogP contribution in [0, 0.1) is 13.8 Å². The Morgan fingerprint density at radius 3 is 2.36 bits per heavy atom. The molecule has 7 N–H and O–H groups in total. The van der Waals surface area contributed by atoms with Crippen LogP contribution >= 0.6 is 12.4 Å². The second-order valence-electron chi connectivity index (χ2n) is 9.76. The summed E-state index contributed by atoms with van der Waals surface area (Å²) >= 11 is 0. The Kier molecular flexibility index (Phi) is 14.1. The number of aromatic nitrogens is 2. The quantitative estimate of drug-likeness (QED) is 0.106. The molecule has 2 amide bonds. The van der Waals surface area contributed by atoms with Gasteiger partial charge < -0.3 is 41.4 Å². The van der Waals surface area contributed by atoms with Gasteiger partial charge in [0.1, 0.15) is 23.3 Å². The number of ether oxygens (including phenoxy) is 2. The van der Waals surface area contributed by atoms with Crippen LogP contribution in [0.3, 0.4) is 0 Å². The van der Waals surface area contributed by atoms with E-state index < -0.39 is 23.8 Å². The molecular weight excluding hydrogens is 592 g/mol. The molecule has 0 aliphatic rings. The van der Waals surface area contributed by atoms with Crippen LogP contribution in [0.4, 0.5) is 5.95 Å². The third-order valence-corrected chi connectivity index (χ3v) is 6.36. The highest BCUT2D eigenvalue weighted by Crippen LogP contribution is 2.22. The molecule has 1 atom stereocenters. The molecule has 0 saturated carbocycles. The zero-order valence-electron chi connectivity index (χ0n) is 24.9. The van der Waals surface area contributed by atoms with Gasteiger partial charge in [0.25, 0.3) is 11.8 Å². The molecule has 13 nitrogen and oxygen atoms in total. The van der Waals surface area contributed by atoms with Gasteiger partial charge in [0, 0.05) is 24.7 Å². The van der Waals surface area contributed by atoms with E-state index in [-0.39, 0.29) is 47.3 Å². The monoisotopic (exact) mass is 630 g/mol. The van der Waals surface area contributed by atoms with Crippen molar-refractivity contribution in [2.45, 2.75) is 39.2 Å². The van der Waals surface area contributed by atoms with Crippen LogP contribution < -0.4 is 26.4 Å². The Bertz CT molecular complexity index is 1420. The normalized spacial score (nSPS) is 11.1. The van der Waals surface area contributed by atoms with Gasteiger partial charge in [-0.2, -0.15) is 0 Å². The fourth-order valence-corrected chi connectivity index (χ4v) is 4.26. The third-order valence-electron chi connectivity index (χ3n) is 6.36. The number of esters is 1. The largest absolute Gasteiger partial charge is 0.508 e. The highest BCUT2D eigenvalue weighted by atomic mass is 35.5. The molecule has 0 spiro atoms. The smallest absolute Gasteiger partial charge is 0.330 e. The number of benzene rings is 2. The van der Waals surface area contributed by atoms with E-state index in [1.165, 1.54) is 25.3 Å². The number of methoxy groups -OCH3 is 1. The minimum Gasteiger partial charge on any atom is -0.508 e. The van der Waals surface area contributed by atoms with E-state index in [1.807, 2.05) is 6.07 Å². The average molecular weight is 631 g/mol. The predicted molar refractivity (Wildman–Crippen MR) is 167 cm³/mol. The van der Waals surface area contributed by atoms with E-state index in [1.54, 1.807) is 32.0 Å². The summed E-state index contributed by atoms with van der Waals surface area (Å²) in [7, 11) is 1.17. The molecular formula is C30H39ClN6O7. The number of halogens is 1. The van der Waals surface area contributed by atoms with E-state index in [0.29, 0.717) is 43.5 Å². The van der Waals surface area contributed by atoms with Crippen molar-refractivity contribution >= 4 is 36.1 Å². The molecule has 0 fully saturated rings. The Labute approximate surface area is 262 Å². The lowest BCUT2D eigenvalue weighted by Gasteiger charge is -2.19. The number of anilines is 1. The minimum atomic E-state index is -1.21. The maximum absolute atomic E-state index is 13.2. The maximum Gasteiger partial charge on any atom is 0.330 e. The molecule has 0 radical (unpaired) electrons. The Hall–Kier alpha value is -4.62. The summed E-state index contributed by atoms with van der Waals surface area (Å²) in [5.41, 5.74) is 7.56. The van der Waals surface area contributed by atoms with Gasteiger partial charge in [-0.25, -0.2) is 14.8 Å². The fourth-order valence-electron chi connectivity index (χ4n) is 4.26. The third kappa shape index (κ3) is 10.6. The summed E-state index contributed by atoms with van der Waals surface area (Å²) < 4.78 is 10.3. The highest BCUT2D eigenvalue weighted by molar-refractivity contribution is 5.99. The fraction of sp³-hybridized carbons (Fsp3) is 0.367. The number of nitrogens with one attached hydrogen (secondary N) is 3. The van der Waals surface area contributed by atoms with Crippen LogP contribution in [0.5, 0.6) is 17.2 Å². The first-order valence-corrected chi connectivity index (χ1v) is 13.8. The summed E-state index contributed by atoms with van der Waals surface area (Å²) in [5.74, 6) is -1.28. The van der Waals surface area contributed by atoms with E-state index in [0.717, 1.165) is 18.4 Å². The van der Waals surface area contributed by atoms with Gasteiger partial charge in [-0.15, -0.1) is 12.4 Å². The lowest BCUT2D eigenvalue weighted by Crippen LogP contribution is -2.49. The van der Waals surface area contributed by atoms with Gasteiger partial charge in [-0.1, -0.05) is 12.1 Å². The van der Waals surface area contributed by atoms with Crippen molar-refractivity contribution in [3.05, 3.63) is 70.5 Å². The summed E-state index contributed by atoms with van der Waals surface area (Å²) in [4.78, 5) is 47.2. The second kappa shape index (κ2) is 17.5. The standard InChI is InChI=1S/C30H38N6O7.ClH/c1-18-26(19(2)35-30(34-18)32-11-5-8-20-7-4-9-22(37)13-20)28(40)36-25(29(41)42-3)17-33-27(39)21-14-23(38)16-24(15-21)43-12-6-10-31;/h4,7,9,13-16,25,37-38H,5-6,8,10-12,17,31H2,1-3H3,(H,33,39)(H,36,40)(H,32,34,35);1H/t25-;/m0./s1. The number of carbonyl (C=O) groups is 3. The molecule has 14 heteroatoms. The first kappa shape index (κ1) is 35.6. The van der Waals surface area contributed by atoms with Gasteiger partial charge >= 0.3 is 5.97 Å². The van der Waals surface area contributed by atoms with Gasteiger partial charge in [0.05, 0.1) is 30.7 Å². The van der Waals surface area contributed by atoms with Crippen molar-refractivity contribution < 1.29 is 34.1 Å². The first-order chi connectivity index (χ1) is 20.6. The number of phenolic OH excluding ortho intramolecular Hbond substituents is 2. The molecule has 238 valence electrons. The number of nitrogens with two attached hydrogens (primary N) is 1. The predicted octanol–water partition coefficient (Wildman–Crippen LogP) is 2.40. The molecule has 0 aliphatic carbocycles. The van der Waals surface area contributed by atoms with Crippen LogP contribution in [0.1, 0.15) is 50.5 Å². The SMILES string of the molecule is COC(=O)[C@H](CNC(=O)c1cc(O)cc(OCCCN)c1)NC(=O)c1c(C)nc(NCCCc2cccc(O)c2)nc1C.Cl. The Balaban J connectivity index is 0.00000675. The van der Waals surface area contributed by atoms with Crippen LogP contribution in [0.15, 0.2) is 42.5 Å². The molecule has 1 aromatic heterocycles. The molecule has 2 aromatic carbocycles. The molecule has 1 heterocycles. The van der Waals surface area contributed by atoms with E-state index in [2.05, 4.69) is 25.9 Å². The van der Waals surface area contributed by atoms with E-state index in [9.17, 15) is 24.6 Å². The Morgan fingerprint density at radius 1 is 0.977 bits per heavy atom. The highest BCUT2D eigenvalue weighted by Gasteiger charge is 2.26. The van der Waals surface area contributed by atoms with Crippen molar-refractivity contribution in [1.82, 2.24) is 20.6 Å². The van der Waals surface area contributed by atoms with Gasteiger partial charge in [0.2, 0.25) is 5.95 Å². The van der Waals surface area contributed by atoms with Gasteiger partial charge in [-0.05, 0) is 69.5 Å². The Morgan fingerprint density at radius 2 is 1.70 bits per heavy atom. The molecule has 0 saturated heterocycles. The number of carbonyl (C=O) groups excluding carboxylic acids is 3. The van der Waals surface area contributed by atoms with Crippen molar-refractivity contribution in [3.8, 4) is 17.2 Å². The van der Waals surface area contributed by atoms with Crippen LogP contribution in [-0.2, 0) is 16.0 Å². The summed E-state index contributed by atoms with van der Waals surface area (Å²) in [5, 5.41) is 27.9. The van der Waals surface area contributed by atoms with Crippen LogP contribution in [0.25, 0.3) is 0 Å². The average Bonchev–Trinajstić information content (AvgIpc) is 2.96. The van der Waals surface area contributed by atoms with Gasteiger partial charge in [0.15, 0.2) is 0 Å². The van der Waals surface area contributed by atoms with Crippen LogP contribution in [-0.4, -0.2) is 77.4 Å². The van der Waals surface area contributed by atoms with E-state index in [4.69, 9.17) is 15.2 Å². The van der Waals surface area contributed by atoms with Crippen LogP contribution in [0.2, 0.25) is 0 Å². The summed E-state index contributed by atoms with van der Waals surface area (Å²) in [6, 6.07) is 9.93. The molecule has 0 unspecified atom stereocenters. The molecule has 0 bridgehead atoms. The number of rotatable bonds is 15. The van der Waals surface area contributed by atoms with Crippen molar-refractivity contribution in [2.75, 3.05) is 38.7 Å². The number of aromatic hydroxyl groups is 2. The van der Waals surface area contributed by atoms with Crippen molar-refractivity contribution in [3.63, 3.8) is 0 Å². The topological polar surface area (TPSA) is 198 Å². The number of hydrogen-bond acceptors (Lipinski definition) is 11. The summed E-state index contributed by atoms with van der Waals surface area (Å²) in [6.07, 6.45) is 2.12. The van der Waals surface area contributed by atoms with Crippen molar-refractivity contribution in [1.29, 1.82) is 0 Å². The van der Waals surface area contributed by atoms with Gasteiger partial charge in [-0.3, -0.25) is 9.59 Å². The molecule has 3 rings (SSSR count). The molecule has 44 heavy (non-hydrogen) atoms. The second-order valence-corrected chi connectivity index (χ2v) is 9.76.